The van der Waals surface area contributed by atoms with Crippen molar-refractivity contribution in [3.63, 3.8) is 0 Å². The molecule has 0 saturated heterocycles. The van der Waals surface area contributed by atoms with Crippen molar-refractivity contribution in [2.75, 3.05) is 5.32 Å². The highest BCUT2D eigenvalue weighted by molar-refractivity contribution is 5.94. The fraction of sp³-hybridized carbons (Fsp3) is 0.533. The predicted molar refractivity (Wildman–Crippen MR) is 73.0 cm³/mol. The van der Waals surface area contributed by atoms with Crippen molar-refractivity contribution in [2.24, 2.45) is 11.8 Å². The number of benzene rings is 1. The molecule has 116 valence electrons. The normalized spacial score (nSPS) is 22.9. The van der Waals surface area contributed by atoms with Crippen LogP contribution in [0.1, 0.15) is 31.2 Å². The molecular formula is C15H18F3NO2. The molecule has 2 unspecified atom stereocenters. The summed E-state index contributed by atoms with van der Waals surface area (Å²) in [5, 5.41) is 12.2. The van der Waals surface area contributed by atoms with Gasteiger partial charge in [0.05, 0.1) is 11.6 Å². The van der Waals surface area contributed by atoms with Crippen LogP contribution in [0.4, 0.5) is 18.9 Å². The summed E-state index contributed by atoms with van der Waals surface area (Å²) in [6.07, 6.45) is -3.50. The number of carbonyl (C=O) groups excluding carboxylic acids is 1. The van der Waals surface area contributed by atoms with Crippen molar-refractivity contribution in [1.82, 2.24) is 0 Å². The van der Waals surface area contributed by atoms with Crippen molar-refractivity contribution in [1.29, 1.82) is 0 Å². The van der Waals surface area contributed by atoms with Crippen LogP contribution in [0.25, 0.3) is 0 Å². The molecule has 1 aliphatic rings. The second-order valence-electron chi connectivity index (χ2n) is 5.61. The summed E-state index contributed by atoms with van der Waals surface area (Å²) in [4.78, 5) is 12.1. The molecule has 1 saturated carbocycles. The van der Waals surface area contributed by atoms with E-state index in [2.05, 4.69) is 5.32 Å². The third kappa shape index (κ3) is 3.89. The molecule has 2 N–H and O–H groups in total. The predicted octanol–water partition coefficient (Wildman–Crippen LogP) is 4.01. The van der Waals surface area contributed by atoms with E-state index in [1.54, 1.807) is 19.1 Å². The maximum Gasteiger partial charge on any atom is 0.391 e. The maximum atomic E-state index is 12.7. The first-order chi connectivity index (χ1) is 9.77. The van der Waals surface area contributed by atoms with Gasteiger partial charge in [-0.1, -0.05) is 12.5 Å². The number of aryl methyl sites for hydroxylation is 1. The van der Waals surface area contributed by atoms with Crippen molar-refractivity contribution < 1.29 is 23.1 Å². The van der Waals surface area contributed by atoms with Crippen molar-refractivity contribution in [3.05, 3.63) is 23.8 Å². The first-order valence-electron chi connectivity index (χ1n) is 6.94. The Morgan fingerprint density at radius 3 is 2.67 bits per heavy atom. The molecule has 0 aromatic heterocycles. The number of aromatic hydroxyl groups is 1. The van der Waals surface area contributed by atoms with E-state index in [4.69, 9.17) is 0 Å². The SMILES string of the molecule is Cc1ccc(NC(=O)C2CCCC(C(F)(F)F)C2)c(O)c1. The van der Waals surface area contributed by atoms with E-state index in [1.807, 2.05) is 0 Å². The number of hydrogen-bond donors (Lipinski definition) is 2. The first-order valence-corrected chi connectivity index (χ1v) is 6.94. The fourth-order valence-corrected chi connectivity index (χ4v) is 2.71. The number of anilines is 1. The zero-order valence-electron chi connectivity index (χ0n) is 11.7. The van der Waals surface area contributed by atoms with Crippen molar-refractivity contribution in [3.8, 4) is 5.75 Å². The van der Waals surface area contributed by atoms with E-state index in [0.717, 1.165) is 5.56 Å². The number of phenols is 1. The molecule has 2 atom stereocenters. The lowest BCUT2D eigenvalue weighted by Gasteiger charge is -2.29. The molecule has 0 heterocycles. The second-order valence-corrected chi connectivity index (χ2v) is 5.61. The smallest absolute Gasteiger partial charge is 0.391 e. The van der Waals surface area contributed by atoms with Gasteiger partial charge in [-0.05, 0) is 43.9 Å². The molecule has 0 spiro atoms. The van der Waals surface area contributed by atoms with E-state index in [-0.39, 0.29) is 24.3 Å². The van der Waals surface area contributed by atoms with E-state index in [0.29, 0.717) is 12.8 Å². The molecule has 0 bridgehead atoms. The summed E-state index contributed by atoms with van der Waals surface area (Å²) in [6, 6.07) is 4.76. The Labute approximate surface area is 121 Å². The summed E-state index contributed by atoms with van der Waals surface area (Å²) in [7, 11) is 0. The highest BCUT2D eigenvalue weighted by atomic mass is 19.4. The largest absolute Gasteiger partial charge is 0.506 e. The van der Waals surface area contributed by atoms with E-state index < -0.39 is 23.9 Å². The summed E-state index contributed by atoms with van der Waals surface area (Å²) >= 11 is 0. The minimum Gasteiger partial charge on any atom is -0.506 e. The molecule has 0 aliphatic heterocycles. The van der Waals surface area contributed by atoms with Gasteiger partial charge in [0.15, 0.2) is 0 Å². The monoisotopic (exact) mass is 301 g/mol. The van der Waals surface area contributed by atoms with Crippen LogP contribution in [0.5, 0.6) is 5.75 Å². The zero-order valence-corrected chi connectivity index (χ0v) is 11.7. The van der Waals surface area contributed by atoms with Crippen LogP contribution in [0.15, 0.2) is 18.2 Å². The van der Waals surface area contributed by atoms with E-state index >= 15 is 0 Å². The van der Waals surface area contributed by atoms with Crippen LogP contribution in [0.2, 0.25) is 0 Å². The van der Waals surface area contributed by atoms with Gasteiger partial charge >= 0.3 is 6.18 Å². The Balaban J connectivity index is 2.03. The average Bonchev–Trinajstić information content (AvgIpc) is 2.41. The molecule has 6 heteroatoms. The van der Waals surface area contributed by atoms with E-state index in [1.165, 1.54) is 6.07 Å². The number of rotatable bonds is 2. The first kappa shape index (κ1) is 15.7. The Bertz CT molecular complexity index is 528. The number of hydrogen-bond acceptors (Lipinski definition) is 2. The summed E-state index contributed by atoms with van der Waals surface area (Å²) < 4.78 is 38.2. The highest BCUT2D eigenvalue weighted by Crippen LogP contribution is 2.40. The molecule has 3 nitrogen and oxygen atoms in total. The summed E-state index contributed by atoms with van der Waals surface area (Å²) in [5.41, 5.74) is 1.07. The van der Waals surface area contributed by atoms with E-state index in [9.17, 15) is 23.1 Å². The lowest BCUT2D eigenvalue weighted by Crippen LogP contribution is -2.34. The molecule has 1 aliphatic carbocycles. The van der Waals surface area contributed by atoms with Crippen LogP contribution < -0.4 is 5.32 Å². The third-order valence-corrected chi connectivity index (χ3v) is 3.92. The molecule has 0 radical (unpaired) electrons. The zero-order chi connectivity index (χ0) is 15.6. The van der Waals surface area contributed by atoms with Crippen molar-refractivity contribution in [2.45, 2.75) is 38.8 Å². The second kappa shape index (κ2) is 5.95. The number of carbonyl (C=O) groups is 1. The van der Waals surface area contributed by atoms with Gasteiger partial charge in [-0.2, -0.15) is 13.2 Å². The minimum atomic E-state index is -4.25. The molecule has 1 fully saturated rings. The van der Waals surface area contributed by atoms with Gasteiger partial charge in [0, 0.05) is 5.92 Å². The van der Waals surface area contributed by atoms with Gasteiger partial charge in [0.1, 0.15) is 5.75 Å². The average molecular weight is 301 g/mol. The number of amides is 1. The summed E-state index contributed by atoms with van der Waals surface area (Å²) in [5.74, 6) is -2.60. The topological polar surface area (TPSA) is 49.3 Å². The Morgan fingerprint density at radius 2 is 2.05 bits per heavy atom. The standard InChI is InChI=1S/C15H18F3NO2/c1-9-5-6-12(13(20)7-9)19-14(21)10-3-2-4-11(8-10)15(16,17)18/h5-7,10-11,20H,2-4,8H2,1H3,(H,19,21). The van der Waals surface area contributed by atoms with Gasteiger partial charge in [0.2, 0.25) is 5.91 Å². The Kier molecular flexibility index (Phi) is 4.44. The molecular weight excluding hydrogens is 283 g/mol. The number of alkyl halides is 3. The van der Waals surface area contributed by atoms with Gasteiger partial charge in [-0.15, -0.1) is 0 Å². The molecule has 1 aromatic rings. The van der Waals surface area contributed by atoms with Gasteiger partial charge < -0.3 is 10.4 Å². The molecule has 21 heavy (non-hydrogen) atoms. The fourth-order valence-electron chi connectivity index (χ4n) is 2.71. The molecule has 1 aromatic carbocycles. The van der Waals surface area contributed by atoms with Gasteiger partial charge in [-0.25, -0.2) is 0 Å². The molecule has 2 rings (SSSR count). The van der Waals surface area contributed by atoms with Crippen LogP contribution in [-0.4, -0.2) is 17.2 Å². The van der Waals surface area contributed by atoms with Gasteiger partial charge in [0.25, 0.3) is 0 Å². The lowest BCUT2D eigenvalue weighted by atomic mass is 9.80. The van der Waals surface area contributed by atoms with Crippen LogP contribution >= 0.6 is 0 Å². The lowest BCUT2D eigenvalue weighted by molar-refractivity contribution is -0.185. The van der Waals surface area contributed by atoms with Crippen LogP contribution in [0.3, 0.4) is 0 Å². The summed E-state index contributed by atoms with van der Waals surface area (Å²) in [6.45, 7) is 1.79. The van der Waals surface area contributed by atoms with Gasteiger partial charge in [-0.3, -0.25) is 4.79 Å². The Morgan fingerprint density at radius 1 is 1.33 bits per heavy atom. The number of phenolic OH excluding ortho intramolecular Hbond substituents is 1. The number of halogens is 3. The molecule has 1 amide bonds. The number of nitrogens with one attached hydrogen (secondary N) is 1. The minimum absolute atomic E-state index is 0.0773. The maximum absolute atomic E-state index is 12.7. The van der Waals surface area contributed by atoms with Crippen molar-refractivity contribution >= 4 is 11.6 Å². The van der Waals surface area contributed by atoms with Crippen LogP contribution in [0, 0.1) is 18.8 Å². The Hall–Kier alpha value is -1.72. The highest BCUT2D eigenvalue weighted by Gasteiger charge is 2.43. The van der Waals surface area contributed by atoms with Crippen LogP contribution in [-0.2, 0) is 4.79 Å². The third-order valence-electron chi connectivity index (χ3n) is 3.92. The quantitative estimate of drug-likeness (QED) is 0.811.